The second-order valence-corrected chi connectivity index (χ2v) is 11.6. The molecule has 2 aromatic carbocycles. The van der Waals surface area contributed by atoms with Crippen LogP contribution in [0.1, 0.15) is 64.9 Å². The monoisotopic (exact) mass is 594 g/mol. The average molecular weight is 595 g/mol. The normalized spacial score (nSPS) is 15.9. The van der Waals surface area contributed by atoms with Gasteiger partial charge in [-0.15, -0.1) is 0 Å². The Morgan fingerprint density at radius 1 is 1.02 bits per heavy atom. The molecule has 2 aromatic heterocycles. The van der Waals surface area contributed by atoms with Crippen molar-refractivity contribution in [3.63, 3.8) is 0 Å². The van der Waals surface area contributed by atoms with Crippen molar-refractivity contribution in [3.8, 4) is 5.75 Å². The van der Waals surface area contributed by atoms with Gasteiger partial charge in [-0.05, 0) is 80.8 Å². The molecule has 0 bridgehead atoms. The van der Waals surface area contributed by atoms with Gasteiger partial charge in [0.05, 0.1) is 5.56 Å². The molecule has 1 saturated carbocycles. The van der Waals surface area contributed by atoms with E-state index in [1.165, 1.54) is 6.92 Å². The van der Waals surface area contributed by atoms with E-state index in [9.17, 15) is 14.4 Å². The van der Waals surface area contributed by atoms with Crippen LogP contribution in [0.2, 0.25) is 0 Å². The molecule has 0 atom stereocenters. The van der Waals surface area contributed by atoms with Crippen LogP contribution >= 0.6 is 0 Å². The number of hydrogen-bond acceptors (Lipinski definition) is 9. The van der Waals surface area contributed by atoms with Crippen molar-refractivity contribution in [2.75, 3.05) is 49.5 Å². The first kappa shape index (κ1) is 29.5. The van der Waals surface area contributed by atoms with Gasteiger partial charge in [-0.3, -0.25) is 23.9 Å². The van der Waals surface area contributed by atoms with Crippen LogP contribution in [0.4, 0.5) is 17.3 Å². The predicted octanol–water partition coefficient (Wildman–Crippen LogP) is 5.17. The van der Waals surface area contributed by atoms with Crippen molar-refractivity contribution in [1.82, 2.24) is 19.4 Å². The van der Waals surface area contributed by atoms with Gasteiger partial charge < -0.3 is 15.0 Å². The molecule has 2 aliphatic rings. The molecular weight excluding hydrogens is 556 g/mol. The van der Waals surface area contributed by atoms with Gasteiger partial charge in [0.1, 0.15) is 24.3 Å². The fourth-order valence-corrected chi connectivity index (χ4v) is 6.36. The standard InChI is InChI=1S/C34H38N6O4/c1-23-30-21-35-34(37-32(30)40(28-5-3-4-6-28)33(43)31(23)24(2)42)36-26-9-11-27(12-10-26)39-17-15-38(16-18-39)19-20-44-29-13-7-25(22-41)8-14-29/h7-14,21-22,28H,3-6,15-20H2,1-2H3,(H,35,36,37). The summed E-state index contributed by atoms with van der Waals surface area (Å²) in [6.45, 7) is 8.46. The number of Topliss-reactive ketones (excluding diaryl/α,β-unsaturated/α-hetero) is 1. The second kappa shape index (κ2) is 13.0. The minimum Gasteiger partial charge on any atom is -0.492 e. The smallest absolute Gasteiger partial charge is 0.263 e. The number of aromatic nitrogens is 3. The zero-order valence-electron chi connectivity index (χ0n) is 25.3. The third kappa shape index (κ3) is 6.21. The first-order valence-corrected chi connectivity index (χ1v) is 15.4. The van der Waals surface area contributed by atoms with Crippen molar-refractivity contribution in [3.05, 3.63) is 81.8 Å². The molecule has 0 unspecified atom stereocenters. The number of piperazine rings is 1. The summed E-state index contributed by atoms with van der Waals surface area (Å²) in [6, 6.07) is 15.5. The lowest BCUT2D eigenvalue weighted by atomic mass is 10.0. The molecule has 44 heavy (non-hydrogen) atoms. The Hall–Kier alpha value is -4.57. The molecule has 1 saturated heterocycles. The number of aryl methyl sites for hydroxylation is 1. The summed E-state index contributed by atoms with van der Waals surface area (Å²) < 4.78 is 7.58. The summed E-state index contributed by atoms with van der Waals surface area (Å²) in [7, 11) is 0. The van der Waals surface area contributed by atoms with Gasteiger partial charge in [-0.1, -0.05) is 12.8 Å². The van der Waals surface area contributed by atoms with E-state index in [0.717, 1.165) is 87.2 Å². The lowest BCUT2D eigenvalue weighted by Gasteiger charge is -2.36. The molecule has 1 N–H and O–H groups in total. The first-order valence-electron chi connectivity index (χ1n) is 15.4. The number of hydrogen-bond donors (Lipinski definition) is 1. The number of pyridine rings is 1. The van der Waals surface area contributed by atoms with Gasteiger partial charge in [0.2, 0.25) is 5.95 Å². The first-order chi connectivity index (χ1) is 21.4. The van der Waals surface area contributed by atoms with E-state index < -0.39 is 0 Å². The summed E-state index contributed by atoms with van der Waals surface area (Å²) >= 11 is 0. The summed E-state index contributed by atoms with van der Waals surface area (Å²) in [6.07, 6.45) is 6.49. The molecule has 228 valence electrons. The Kier molecular flexibility index (Phi) is 8.70. The molecule has 0 amide bonds. The topological polar surface area (TPSA) is 110 Å². The van der Waals surface area contributed by atoms with Gasteiger partial charge in [-0.2, -0.15) is 4.98 Å². The van der Waals surface area contributed by atoms with E-state index >= 15 is 0 Å². The Morgan fingerprint density at radius 2 is 1.73 bits per heavy atom. The molecule has 10 nitrogen and oxygen atoms in total. The molecule has 4 aromatic rings. The maximum absolute atomic E-state index is 13.5. The summed E-state index contributed by atoms with van der Waals surface area (Å²) in [5, 5.41) is 4.05. The number of rotatable bonds is 10. The van der Waals surface area contributed by atoms with Crippen LogP contribution in [-0.4, -0.2) is 70.8 Å². The van der Waals surface area contributed by atoms with Gasteiger partial charge in [0.15, 0.2) is 5.78 Å². The minimum absolute atomic E-state index is 0.0420. The van der Waals surface area contributed by atoms with Crippen LogP contribution in [0.25, 0.3) is 11.0 Å². The highest BCUT2D eigenvalue weighted by Crippen LogP contribution is 2.32. The molecule has 2 fully saturated rings. The fourth-order valence-electron chi connectivity index (χ4n) is 6.36. The minimum atomic E-state index is -0.249. The van der Waals surface area contributed by atoms with Crippen molar-refractivity contribution < 1.29 is 14.3 Å². The number of carbonyl (C=O) groups excluding carboxylic acids is 2. The van der Waals surface area contributed by atoms with Gasteiger partial charge in [0.25, 0.3) is 5.56 Å². The van der Waals surface area contributed by atoms with E-state index in [0.29, 0.717) is 29.3 Å². The highest BCUT2D eigenvalue weighted by atomic mass is 16.5. The molecule has 1 aliphatic heterocycles. The van der Waals surface area contributed by atoms with Crippen molar-refractivity contribution >= 4 is 40.4 Å². The number of ketones is 1. The molecule has 0 radical (unpaired) electrons. The SMILES string of the molecule is CC(=O)c1c(C)c2cnc(Nc3ccc(N4CCN(CCOc5ccc(C=O)cc5)CC4)cc3)nc2n(C2CCCC2)c1=O. The Morgan fingerprint density at radius 3 is 2.39 bits per heavy atom. The molecule has 6 rings (SSSR count). The number of aldehydes is 1. The largest absolute Gasteiger partial charge is 0.492 e. The number of benzene rings is 2. The number of ether oxygens (including phenoxy) is 1. The van der Waals surface area contributed by atoms with E-state index in [1.54, 1.807) is 29.8 Å². The van der Waals surface area contributed by atoms with Crippen molar-refractivity contribution in [1.29, 1.82) is 0 Å². The van der Waals surface area contributed by atoms with Crippen LogP contribution in [0.3, 0.4) is 0 Å². The third-order valence-electron chi connectivity index (χ3n) is 8.80. The lowest BCUT2D eigenvalue weighted by Crippen LogP contribution is -2.47. The third-order valence-corrected chi connectivity index (χ3v) is 8.80. The van der Waals surface area contributed by atoms with Gasteiger partial charge in [-0.25, -0.2) is 4.98 Å². The predicted molar refractivity (Wildman–Crippen MR) is 172 cm³/mol. The van der Waals surface area contributed by atoms with Crippen LogP contribution in [0.15, 0.2) is 59.5 Å². The van der Waals surface area contributed by atoms with E-state index in [2.05, 4.69) is 32.2 Å². The zero-order chi connectivity index (χ0) is 30.6. The maximum atomic E-state index is 13.5. The molecule has 0 spiro atoms. The molecule has 10 heteroatoms. The lowest BCUT2D eigenvalue weighted by molar-refractivity contribution is 0.101. The van der Waals surface area contributed by atoms with E-state index in [4.69, 9.17) is 9.72 Å². The Bertz CT molecular complexity index is 1700. The Balaban J connectivity index is 1.09. The fraction of sp³-hybridized carbons (Fsp3) is 0.382. The quantitative estimate of drug-likeness (QED) is 0.196. The molecular formula is C34H38N6O4. The highest BCUT2D eigenvalue weighted by molar-refractivity contribution is 5.99. The van der Waals surface area contributed by atoms with Gasteiger partial charge >= 0.3 is 0 Å². The summed E-state index contributed by atoms with van der Waals surface area (Å²) in [5.41, 5.74) is 3.87. The van der Waals surface area contributed by atoms with Crippen LogP contribution in [-0.2, 0) is 0 Å². The van der Waals surface area contributed by atoms with Crippen molar-refractivity contribution in [2.24, 2.45) is 0 Å². The molecule has 1 aliphatic carbocycles. The maximum Gasteiger partial charge on any atom is 0.263 e. The number of anilines is 3. The summed E-state index contributed by atoms with van der Waals surface area (Å²) in [4.78, 5) is 50.8. The Labute approximate surface area is 256 Å². The number of nitrogens with zero attached hydrogens (tertiary/aromatic N) is 5. The van der Waals surface area contributed by atoms with Crippen molar-refractivity contribution in [2.45, 2.75) is 45.6 Å². The van der Waals surface area contributed by atoms with E-state index in [1.807, 2.05) is 24.3 Å². The van der Waals surface area contributed by atoms with Gasteiger partial charge in [0, 0.05) is 67.3 Å². The number of fused-ring (bicyclic) bond motifs is 1. The van der Waals surface area contributed by atoms with Crippen LogP contribution in [0, 0.1) is 6.92 Å². The second-order valence-electron chi connectivity index (χ2n) is 11.6. The van der Waals surface area contributed by atoms with E-state index in [-0.39, 0.29) is 22.9 Å². The molecule has 3 heterocycles. The number of carbonyl (C=O) groups is 2. The summed E-state index contributed by atoms with van der Waals surface area (Å²) in [5.74, 6) is 0.970. The number of nitrogens with one attached hydrogen (secondary N) is 1. The van der Waals surface area contributed by atoms with Crippen LogP contribution < -0.4 is 20.5 Å². The highest BCUT2D eigenvalue weighted by Gasteiger charge is 2.26. The van der Waals surface area contributed by atoms with Crippen LogP contribution in [0.5, 0.6) is 5.75 Å². The zero-order valence-corrected chi connectivity index (χ0v) is 25.3. The average Bonchev–Trinajstić information content (AvgIpc) is 3.57.